The second kappa shape index (κ2) is 6.67. The van der Waals surface area contributed by atoms with E-state index in [0.717, 1.165) is 41.3 Å². The minimum Gasteiger partial charge on any atom is -0.376 e. The monoisotopic (exact) mass is 346 g/mol. The largest absolute Gasteiger partial charge is 0.376 e. The molecule has 0 bridgehead atoms. The highest BCUT2D eigenvalue weighted by Crippen LogP contribution is 2.16. The quantitative estimate of drug-likeness (QED) is 0.840. The van der Waals surface area contributed by atoms with Gasteiger partial charge >= 0.3 is 0 Å². The van der Waals surface area contributed by atoms with Crippen molar-refractivity contribution >= 4 is 33.3 Å². The van der Waals surface area contributed by atoms with E-state index in [1.54, 1.807) is 6.20 Å². The van der Waals surface area contributed by atoms with Crippen LogP contribution in [0.3, 0.4) is 0 Å². The van der Waals surface area contributed by atoms with Gasteiger partial charge in [0, 0.05) is 27.2 Å². The molecule has 2 rings (SSSR count). The summed E-state index contributed by atoms with van der Waals surface area (Å²) in [5.41, 5.74) is 1.10. The summed E-state index contributed by atoms with van der Waals surface area (Å²) in [5, 5.41) is 8.20. The fourth-order valence-electron chi connectivity index (χ4n) is 2.05. The fraction of sp³-hybridized carbons (Fsp3) is 0.667. The maximum atomic E-state index is 5.56. The Balaban J connectivity index is 1.82. The first-order valence-corrected chi connectivity index (χ1v) is 7.55. The number of nitrogens with one attached hydrogen (secondary N) is 1. The van der Waals surface area contributed by atoms with Crippen LogP contribution < -0.4 is 5.32 Å². The zero-order valence-corrected chi connectivity index (χ0v) is 13.6. The molecule has 5 nitrogen and oxygen atoms in total. The van der Waals surface area contributed by atoms with Gasteiger partial charge in [0.25, 0.3) is 0 Å². The summed E-state index contributed by atoms with van der Waals surface area (Å²) in [7, 11) is 3.90. The lowest BCUT2D eigenvalue weighted by Crippen LogP contribution is -2.40. The molecule has 106 valence electrons. The number of halogens is 1. The molecule has 7 heteroatoms. The molecule has 1 aromatic heterocycles. The molecule has 1 aliphatic rings. The smallest absolute Gasteiger partial charge is 0.169 e. The van der Waals surface area contributed by atoms with E-state index in [2.05, 4.69) is 26.3 Å². The average molecular weight is 347 g/mol. The van der Waals surface area contributed by atoms with Gasteiger partial charge in [0.15, 0.2) is 5.11 Å². The Morgan fingerprint density at radius 2 is 2.53 bits per heavy atom. The topological polar surface area (TPSA) is 42.3 Å². The number of thiocarbonyl (C=S) groups is 1. The molecule has 1 aromatic rings. The highest BCUT2D eigenvalue weighted by molar-refractivity contribution is 9.10. The lowest BCUT2D eigenvalue weighted by molar-refractivity contribution is 0.113. The Bertz CT molecular complexity index is 425. The number of rotatable bonds is 4. The van der Waals surface area contributed by atoms with E-state index >= 15 is 0 Å². The molecule has 1 fully saturated rings. The van der Waals surface area contributed by atoms with Gasteiger partial charge in [-0.1, -0.05) is 0 Å². The Kier molecular flexibility index (Phi) is 5.18. The van der Waals surface area contributed by atoms with Crippen LogP contribution >= 0.6 is 28.1 Å². The SMILES string of the molecule is CN(Cc1c(Br)cnn1C)C(=S)NCC1CCCO1. The number of hydrogen-bond acceptors (Lipinski definition) is 3. The normalized spacial score (nSPS) is 18.6. The molecule has 1 saturated heterocycles. The van der Waals surface area contributed by atoms with Crippen LogP contribution in [0.25, 0.3) is 0 Å². The van der Waals surface area contributed by atoms with Gasteiger partial charge < -0.3 is 15.0 Å². The van der Waals surface area contributed by atoms with Gasteiger partial charge in [-0.05, 0) is 41.0 Å². The zero-order valence-electron chi connectivity index (χ0n) is 11.2. The van der Waals surface area contributed by atoms with Crippen LogP contribution in [0.1, 0.15) is 18.5 Å². The van der Waals surface area contributed by atoms with Crippen molar-refractivity contribution in [1.82, 2.24) is 20.0 Å². The van der Waals surface area contributed by atoms with Gasteiger partial charge in [0.05, 0.1) is 29.0 Å². The van der Waals surface area contributed by atoms with E-state index < -0.39 is 0 Å². The molecule has 1 atom stereocenters. The number of aromatic nitrogens is 2. The van der Waals surface area contributed by atoms with Crippen LogP contribution in [-0.2, 0) is 18.3 Å². The van der Waals surface area contributed by atoms with Gasteiger partial charge in [0.1, 0.15) is 0 Å². The van der Waals surface area contributed by atoms with Gasteiger partial charge in [-0.3, -0.25) is 4.68 Å². The van der Waals surface area contributed by atoms with Crippen molar-refractivity contribution in [3.63, 3.8) is 0 Å². The molecule has 2 heterocycles. The molecule has 0 aliphatic carbocycles. The van der Waals surface area contributed by atoms with Gasteiger partial charge in [-0.15, -0.1) is 0 Å². The molecular formula is C12H19BrN4OS. The van der Waals surface area contributed by atoms with Crippen LogP contribution in [0, 0.1) is 0 Å². The molecule has 19 heavy (non-hydrogen) atoms. The molecular weight excluding hydrogens is 328 g/mol. The first kappa shape index (κ1) is 14.7. The summed E-state index contributed by atoms with van der Waals surface area (Å²) in [6.07, 6.45) is 4.37. The molecule has 0 aromatic carbocycles. The van der Waals surface area contributed by atoms with E-state index in [-0.39, 0.29) is 0 Å². The van der Waals surface area contributed by atoms with E-state index in [9.17, 15) is 0 Å². The third-order valence-electron chi connectivity index (χ3n) is 3.25. The minimum absolute atomic E-state index is 0.301. The summed E-state index contributed by atoms with van der Waals surface area (Å²) in [4.78, 5) is 2.01. The summed E-state index contributed by atoms with van der Waals surface area (Å²) in [6, 6.07) is 0. The predicted molar refractivity (Wildman–Crippen MR) is 81.9 cm³/mol. The Labute approximate surface area is 127 Å². The number of ether oxygens (including phenoxy) is 1. The molecule has 0 amide bonds. The Morgan fingerprint density at radius 3 is 3.11 bits per heavy atom. The first-order valence-electron chi connectivity index (χ1n) is 6.35. The molecule has 1 N–H and O–H groups in total. The lowest BCUT2D eigenvalue weighted by Gasteiger charge is -2.22. The van der Waals surface area contributed by atoms with E-state index in [1.807, 2.05) is 23.7 Å². The zero-order chi connectivity index (χ0) is 13.8. The van der Waals surface area contributed by atoms with Crippen molar-refractivity contribution in [3.8, 4) is 0 Å². The average Bonchev–Trinajstić information content (AvgIpc) is 3.00. The summed E-state index contributed by atoms with van der Waals surface area (Å²) in [6.45, 7) is 2.38. The molecule has 0 spiro atoms. The van der Waals surface area contributed by atoms with Gasteiger partial charge in [0.2, 0.25) is 0 Å². The number of aryl methyl sites for hydroxylation is 1. The Hall–Kier alpha value is -0.660. The van der Waals surface area contributed by atoms with E-state index in [4.69, 9.17) is 17.0 Å². The fourth-order valence-corrected chi connectivity index (χ4v) is 2.67. The maximum Gasteiger partial charge on any atom is 0.169 e. The molecule has 0 radical (unpaired) electrons. The summed E-state index contributed by atoms with van der Waals surface area (Å²) in [5.74, 6) is 0. The van der Waals surface area contributed by atoms with Crippen molar-refractivity contribution in [2.75, 3.05) is 20.2 Å². The molecule has 1 unspecified atom stereocenters. The second-order valence-corrected chi connectivity index (χ2v) is 5.98. The number of hydrogen-bond donors (Lipinski definition) is 1. The van der Waals surface area contributed by atoms with Crippen molar-refractivity contribution in [2.24, 2.45) is 7.05 Å². The van der Waals surface area contributed by atoms with Gasteiger partial charge in [-0.25, -0.2) is 0 Å². The minimum atomic E-state index is 0.301. The van der Waals surface area contributed by atoms with Crippen molar-refractivity contribution in [3.05, 3.63) is 16.4 Å². The van der Waals surface area contributed by atoms with E-state index in [1.165, 1.54) is 0 Å². The van der Waals surface area contributed by atoms with Crippen molar-refractivity contribution < 1.29 is 4.74 Å². The first-order chi connectivity index (χ1) is 9.08. The van der Waals surface area contributed by atoms with Crippen molar-refractivity contribution in [1.29, 1.82) is 0 Å². The van der Waals surface area contributed by atoms with Crippen LogP contribution in [0.5, 0.6) is 0 Å². The number of nitrogens with zero attached hydrogens (tertiary/aromatic N) is 3. The van der Waals surface area contributed by atoms with Crippen LogP contribution in [0.4, 0.5) is 0 Å². The van der Waals surface area contributed by atoms with Crippen molar-refractivity contribution in [2.45, 2.75) is 25.5 Å². The van der Waals surface area contributed by atoms with E-state index in [0.29, 0.717) is 12.6 Å². The Morgan fingerprint density at radius 1 is 1.74 bits per heavy atom. The van der Waals surface area contributed by atoms with Gasteiger partial charge in [-0.2, -0.15) is 5.10 Å². The second-order valence-electron chi connectivity index (χ2n) is 4.74. The lowest BCUT2D eigenvalue weighted by atomic mass is 10.2. The third-order valence-corrected chi connectivity index (χ3v) is 4.37. The molecule has 0 saturated carbocycles. The van der Waals surface area contributed by atoms with Crippen LogP contribution in [-0.4, -0.2) is 46.1 Å². The molecule has 1 aliphatic heterocycles. The standard InChI is InChI=1S/C12H19BrN4OS/c1-16(8-11-10(13)7-15-17(11)2)12(19)14-6-9-4-3-5-18-9/h7,9H,3-6,8H2,1-2H3,(H,14,19). The highest BCUT2D eigenvalue weighted by atomic mass is 79.9. The highest BCUT2D eigenvalue weighted by Gasteiger charge is 2.17. The van der Waals surface area contributed by atoms with Crippen LogP contribution in [0.2, 0.25) is 0 Å². The van der Waals surface area contributed by atoms with Crippen LogP contribution in [0.15, 0.2) is 10.7 Å². The summed E-state index contributed by atoms with van der Waals surface area (Å²) >= 11 is 8.88. The summed E-state index contributed by atoms with van der Waals surface area (Å²) < 4.78 is 8.42. The predicted octanol–water partition coefficient (Wildman–Crippen LogP) is 1.67. The third kappa shape index (κ3) is 3.90. The maximum absolute atomic E-state index is 5.56.